The number of hydrogen-bond donors (Lipinski definition) is 1. The SMILES string of the molecule is Cc1ccc(NC(=O)c2ccc(-c3ccc(Cl)cc3)cc2)nc1. The minimum Gasteiger partial charge on any atom is -0.307 e. The van der Waals surface area contributed by atoms with Crippen molar-refractivity contribution in [1.82, 2.24) is 4.98 Å². The number of nitrogens with zero attached hydrogens (tertiary/aromatic N) is 1. The van der Waals surface area contributed by atoms with E-state index in [1.54, 1.807) is 24.4 Å². The van der Waals surface area contributed by atoms with E-state index in [9.17, 15) is 4.79 Å². The minimum absolute atomic E-state index is 0.177. The van der Waals surface area contributed by atoms with Gasteiger partial charge in [0.25, 0.3) is 5.91 Å². The van der Waals surface area contributed by atoms with Crippen molar-refractivity contribution in [1.29, 1.82) is 0 Å². The molecule has 3 nitrogen and oxygen atoms in total. The summed E-state index contributed by atoms with van der Waals surface area (Å²) in [6.45, 7) is 1.95. The van der Waals surface area contributed by atoms with E-state index in [1.807, 2.05) is 49.4 Å². The highest BCUT2D eigenvalue weighted by Crippen LogP contribution is 2.22. The van der Waals surface area contributed by atoms with E-state index in [4.69, 9.17) is 11.6 Å². The lowest BCUT2D eigenvalue weighted by atomic mass is 10.0. The molecule has 23 heavy (non-hydrogen) atoms. The summed E-state index contributed by atoms with van der Waals surface area (Å²) in [5, 5.41) is 3.49. The molecule has 1 N–H and O–H groups in total. The Bertz CT molecular complexity index is 809. The van der Waals surface area contributed by atoms with Crippen molar-refractivity contribution < 1.29 is 4.79 Å². The molecule has 3 aromatic rings. The molecule has 3 rings (SSSR count). The summed E-state index contributed by atoms with van der Waals surface area (Å²) in [5.74, 6) is 0.367. The van der Waals surface area contributed by atoms with E-state index < -0.39 is 0 Å². The van der Waals surface area contributed by atoms with Crippen LogP contribution in [0.25, 0.3) is 11.1 Å². The van der Waals surface area contributed by atoms with Crippen LogP contribution in [0.2, 0.25) is 5.02 Å². The number of nitrogens with one attached hydrogen (secondary N) is 1. The number of hydrogen-bond acceptors (Lipinski definition) is 2. The lowest BCUT2D eigenvalue weighted by Crippen LogP contribution is -2.12. The summed E-state index contributed by atoms with van der Waals surface area (Å²) >= 11 is 5.89. The van der Waals surface area contributed by atoms with Crippen LogP contribution in [0.5, 0.6) is 0 Å². The molecule has 0 aliphatic carbocycles. The third kappa shape index (κ3) is 3.76. The predicted molar refractivity (Wildman–Crippen MR) is 93.8 cm³/mol. The average molecular weight is 323 g/mol. The molecule has 4 heteroatoms. The number of pyridine rings is 1. The lowest BCUT2D eigenvalue weighted by molar-refractivity contribution is 0.102. The van der Waals surface area contributed by atoms with Crippen LogP contribution < -0.4 is 5.32 Å². The molecule has 0 aliphatic rings. The molecule has 0 atom stereocenters. The van der Waals surface area contributed by atoms with E-state index in [1.165, 1.54) is 0 Å². The summed E-state index contributed by atoms with van der Waals surface area (Å²) in [5.41, 5.74) is 3.73. The number of halogens is 1. The number of aryl methyl sites for hydroxylation is 1. The summed E-state index contributed by atoms with van der Waals surface area (Å²) in [7, 11) is 0. The lowest BCUT2D eigenvalue weighted by Gasteiger charge is -2.06. The number of carbonyl (C=O) groups excluding carboxylic acids is 1. The maximum atomic E-state index is 12.2. The van der Waals surface area contributed by atoms with Crippen LogP contribution in [-0.2, 0) is 0 Å². The Morgan fingerprint density at radius 3 is 2.09 bits per heavy atom. The summed E-state index contributed by atoms with van der Waals surface area (Å²) in [4.78, 5) is 16.4. The second-order valence-electron chi connectivity index (χ2n) is 5.26. The zero-order chi connectivity index (χ0) is 16.2. The van der Waals surface area contributed by atoms with E-state index in [-0.39, 0.29) is 5.91 Å². The quantitative estimate of drug-likeness (QED) is 0.740. The Balaban J connectivity index is 1.74. The van der Waals surface area contributed by atoms with Gasteiger partial charge >= 0.3 is 0 Å². The van der Waals surface area contributed by atoms with Gasteiger partial charge in [-0.05, 0) is 53.9 Å². The highest BCUT2D eigenvalue weighted by molar-refractivity contribution is 6.30. The first kappa shape index (κ1) is 15.3. The Morgan fingerprint density at radius 1 is 0.913 bits per heavy atom. The molecule has 0 bridgehead atoms. The predicted octanol–water partition coefficient (Wildman–Crippen LogP) is 4.96. The van der Waals surface area contributed by atoms with E-state index in [0.717, 1.165) is 16.7 Å². The maximum Gasteiger partial charge on any atom is 0.256 e. The first-order valence-electron chi connectivity index (χ1n) is 7.22. The number of carbonyl (C=O) groups is 1. The van der Waals surface area contributed by atoms with Gasteiger partial charge in [0.1, 0.15) is 5.82 Å². The van der Waals surface area contributed by atoms with Gasteiger partial charge in [-0.15, -0.1) is 0 Å². The Hall–Kier alpha value is -2.65. The van der Waals surface area contributed by atoms with Crippen LogP contribution in [0.3, 0.4) is 0 Å². The topological polar surface area (TPSA) is 42.0 Å². The van der Waals surface area contributed by atoms with Gasteiger partial charge in [0, 0.05) is 16.8 Å². The Morgan fingerprint density at radius 2 is 1.52 bits per heavy atom. The number of anilines is 1. The molecule has 0 spiro atoms. The summed E-state index contributed by atoms with van der Waals surface area (Å²) in [6, 6.07) is 18.7. The van der Waals surface area contributed by atoms with Crippen LogP contribution in [0, 0.1) is 6.92 Å². The van der Waals surface area contributed by atoms with Gasteiger partial charge in [0.05, 0.1) is 0 Å². The zero-order valence-electron chi connectivity index (χ0n) is 12.6. The van der Waals surface area contributed by atoms with Crippen LogP contribution in [0.15, 0.2) is 66.9 Å². The molecule has 1 heterocycles. The molecular formula is C19H15ClN2O. The van der Waals surface area contributed by atoms with Gasteiger partial charge in [-0.3, -0.25) is 4.79 Å². The monoisotopic (exact) mass is 322 g/mol. The fraction of sp³-hybridized carbons (Fsp3) is 0.0526. The fourth-order valence-corrected chi connectivity index (χ4v) is 2.31. The molecule has 0 aliphatic heterocycles. The van der Waals surface area contributed by atoms with E-state index >= 15 is 0 Å². The average Bonchev–Trinajstić information content (AvgIpc) is 2.58. The second-order valence-corrected chi connectivity index (χ2v) is 5.70. The molecular weight excluding hydrogens is 308 g/mol. The van der Waals surface area contributed by atoms with Gasteiger partial charge in [0.2, 0.25) is 0 Å². The highest BCUT2D eigenvalue weighted by atomic mass is 35.5. The fourth-order valence-electron chi connectivity index (χ4n) is 2.19. The third-order valence-corrected chi connectivity index (χ3v) is 3.73. The zero-order valence-corrected chi connectivity index (χ0v) is 13.3. The highest BCUT2D eigenvalue weighted by Gasteiger charge is 2.07. The molecule has 0 saturated carbocycles. The van der Waals surface area contributed by atoms with Gasteiger partial charge < -0.3 is 5.32 Å². The number of rotatable bonds is 3. The number of amides is 1. The normalized spacial score (nSPS) is 10.3. The van der Waals surface area contributed by atoms with Crippen molar-refractivity contribution in [3.8, 4) is 11.1 Å². The van der Waals surface area contributed by atoms with Gasteiger partial charge in [0.15, 0.2) is 0 Å². The summed E-state index contributed by atoms with van der Waals surface area (Å²) < 4.78 is 0. The van der Waals surface area contributed by atoms with Crippen molar-refractivity contribution in [3.63, 3.8) is 0 Å². The van der Waals surface area contributed by atoms with E-state index in [2.05, 4.69) is 10.3 Å². The van der Waals surface area contributed by atoms with Crippen molar-refractivity contribution in [2.45, 2.75) is 6.92 Å². The molecule has 1 amide bonds. The second kappa shape index (κ2) is 6.63. The van der Waals surface area contributed by atoms with Crippen LogP contribution in [0.1, 0.15) is 15.9 Å². The van der Waals surface area contributed by atoms with Crippen molar-refractivity contribution in [2.75, 3.05) is 5.32 Å². The Labute approximate surface area is 140 Å². The Kier molecular flexibility index (Phi) is 4.40. The van der Waals surface area contributed by atoms with Gasteiger partial charge in [-0.2, -0.15) is 0 Å². The van der Waals surface area contributed by atoms with Crippen LogP contribution in [-0.4, -0.2) is 10.9 Å². The molecule has 114 valence electrons. The molecule has 2 aromatic carbocycles. The number of benzene rings is 2. The molecule has 0 saturated heterocycles. The third-order valence-electron chi connectivity index (χ3n) is 3.48. The van der Waals surface area contributed by atoms with Crippen LogP contribution in [0.4, 0.5) is 5.82 Å². The first-order valence-corrected chi connectivity index (χ1v) is 7.59. The largest absolute Gasteiger partial charge is 0.307 e. The van der Waals surface area contributed by atoms with Gasteiger partial charge in [-0.25, -0.2) is 4.98 Å². The smallest absolute Gasteiger partial charge is 0.256 e. The van der Waals surface area contributed by atoms with Crippen molar-refractivity contribution >= 4 is 23.3 Å². The number of aromatic nitrogens is 1. The summed E-state index contributed by atoms with van der Waals surface area (Å²) in [6.07, 6.45) is 1.72. The standard InChI is InChI=1S/C19H15ClN2O/c1-13-2-11-18(21-12-13)22-19(23)16-5-3-14(4-6-16)15-7-9-17(20)10-8-15/h2-12H,1H3,(H,21,22,23). The van der Waals surface area contributed by atoms with Crippen molar-refractivity contribution in [3.05, 3.63) is 83.0 Å². The van der Waals surface area contributed by atoms with Crippen molar-refractivity contribution in [2.24, 2.45) is 0 Å². The molecule has 1 aromatic heterocycles. The van der Waals surface area contributed by atoms with Crippen LogP contribution >= 0.6 is 11.6 Å². The molecule has 0 fully saturated rings. The minimum atomic E-state index is -0.177. The maximum absolute atomic E-state index is 12.2. The first-order chi connectivity index (χ1) is 11.1. The van der Waals surface area contributed by atoms with Gasteiger partial charge in [-0.1, -0.05) is 41.9 Å². The molecule has 0 unspecified atom stereocenters. The molecule has 0 radical (unpaired) electrons. The van der Waals surface area contributed by atoms with E-state index in [0.29, 0.717) is 16.4 Å².